The molecule has 0 saturated heterocycles. The standard InChI is InChI=1S/C19H18N2O3S/c1-13-4-3-5-17(10-13)24-16-8-6-15(7-9-16)20-18(22)11-21-14(2)12-25-19(21)23/h3-10,12H,11H2,1-2H3,(H,20,22). The third-order valence-corrected chi connectivity index (χ3v) is 4.52. The minimum Gasteiger partial charge on any atom is -0.457 e. The van der Waals surface area contributed by atoms with E-state index in [0.717, 1.165) is 28.3 Å². The van der Waals surface area contributed by atoms with E-state index in [1.807, 2.05) is 38.1 Å². The summed E-state index contributed by atoms with van der Waals surface area (Å²) in [5.41, 5.74) is 2.56. The number of rotatable bonds is 5. The summed E-state index contributed by atoms with van der Waals surface area (Å²) in [7, 11) is 0. The van der Waals surface area contributed by atoms with Crippen LogP contribution in [0.3, 0.4) is 0 Å². The second kappa shape index (κ2) is 7.36. The predicted molar refractivity (Wildman–Crippen MR) is 99.6 cm³/mol. The first kappa shape index (κ1) is 17.0. The fourth-order valence-electron chi connectivity index (χ4n) is 2.36. The molecule has 1 amide bonds. The number of aryl methyl sites for hydroxylation is 2. The molecule has 0 fully saturated rings. The van der Waals surface area contributed by atoms with Crippen LogP contribution in [0.1, 0.15) is 11.3 Å². The van der Waals surface area contributed by atoms with E-state index < -0.39 is 0 Å². The fraction of sp³-hybridized carbons (Fsp3) is 0.158. The number of nitrogens with zero attached hydrogens (tertiary/aromatic N) is 1. The SMILES string of the molecule is Cc1cccc(Oc2ccc(NC(=O)Cn3c(C)csc3=O)cc2)c1. The number of benzene rings is 2. The van der Waals surface area contributed by atoms with E-state index in [1.54, 1.807) is 29.6 Å². The largest absolute Gasteiger partial charge is 0.457 e. The van der Waals surface area contributed by atoms with Crippen molar-refractivity contribution in [2.45, 2.75) is 20.4 Å². The van der Waals surface area contributed by atoms with Gasteiger partial charge >= 0.3 is 4.87 Å². The maximum atomic E-state index is 12.1. The van der Waals surface area contributed by atoms with Gasteiger partial charge in [-0.25, -0.2) is 0 Å². The minimum atomic E-state index is -0.240. The Morgan fingerprint density at radius 2 is 1.88 bits per heavy atom. The highest BCUT2D eigenvalue weighted by Gasteiger charge is 2.09. The number of aromatic nitrogens is 1. The molecule has 0 bridgehead atoms. The molecule has 0 saturated carbocycles. The van der Waals surface area contributed by atoms with Gasteiger partial charge in [0.05, 0.1) is 0 Å². The van der Waals surface area contributed by atoms with Crippen LogP contribution in [-0.4, -0.2) is 10.5 Å². The van der Waals surface area contributed by atoms with Crippen LogP contribution >= 0.6 is 11.3 Å². The van der Waals surface area contributed by atoms with Crippen LogP contribution in [0.15, 0.2) is 58.7 Å². The smallest absolute Gasteiger partial charge is 0.307 e. The molecule has 0 atom stereocenters. The van der Waals surface area contributed by atoms with E-state index in [2.05, 4.69) is 5.32 Å². The zero-order valence-corrected chi connectivity index (χ0v) is 14.8. The van der Waals surface area contributed by atoms with Crippen molar-refractivity contribution in [3.8, 4) is 11.5 Å². The van der Waals surface area contributed by atoms with Crippen molar-refractivity contribution in [3.63, 3.8) is 0 Å². The minimum absolute atomic E-state index is 0.00963. The van der Waals surface area contributed by atoms with E-state index in [0.29, 0.717) is 11.4 Å². The molecule has 5 nitrogen and oxygen atoms in total. The summed E-state index contributed by atoms with van der Waals surface area (Å²) in [4.78, 5) is 23.6. The number of amides is 1. The molecule has 0 aliphatic heterocycles. The Morgan fingerprint density at radius 1 is 1.12 bits per heavy atom. The van der Waals surface area contributed by atoms with Gasteiger partial charge in [0.15, 0.2) is 0 Å². The average molecular weight is 354 g/mol. The van der Waals surface area contributed by atoms with E-state index in [9.17, 15) is 9.59 Å². The summed E-state index contributed by atoms with van der Waals surface area (Å²) in [6.07, 6.45) is 0. The number of ether oxygens (including phenoxy) is 1. The molecule has 0 spiro atoms. The zero-order chi connectivity index (χ0) is 17.8. The first-order valence-corrected chi connectivity index (χ1v) is 8.68. The monoisotopic (exact) mass is 354 g/mol. The summed E-state index contributed by atoms with van der Waals surface area (Å²) < 4.78 is 7.23. The normalized spacial score (nSPS) is 10.5. The third-order valence-electron chi connectivity index (χ3n) is 3.64. The fourth-order valence-corrected chi connectivity index (χ4v) is 3.10. The van der Waals surface area contributed by atoms with Gasteiger partial charge in [0, 0.05) is 16.8 Å². The van der Waals surface area contributed by atoms with Crippen molar-refractivity contribution in [2.75, 3.05) is 5.32 Å². The van der Waals surface area contributed by atoms with Gasteiger partial charge in [-0.3, -0.25) is 14.2 Å². The van der Waals surface area contributed by atoms with Crippen molar-refractivity contribution >= 4 is 22.9 Å². The molecule has 3 rings (SSSR count). The van der Waals surface area contributed by atoms with E-state index >= 15 is 0 Å². The Balaban J connectivity index is 1.62. The third kappa shape index (κ3) is 4.36. The molecule has 0 unspecified atom stereocenters. The molecule has 128 valence electrons. The Morgan fingerprint density at radius 3 is 2.52 bits per heavy atom. The summed E-state index contributed by atoms with van der Waals surface area (Å²) in [5.74, 6) is 1.22. The maximum absolute atomic E-state index is 12.1. The molecule has 6 heteroatoms. The van der Waals surface area contributed by atoms with E-state index in [1.165, 1.54) is 4.57 Å². The molecule has 1 N–H and O–H groups in total. The molecular formula is C19H18N2O3S. The molecule has 0 aliphatic rings. The van der Waals surface area contributed by atoms with Gasteiger partial charge in [0.1, 0.15) is 18.0 Å². The zero-order valence-electron chi connectivity index (χ0n) is 14.0. The van der Waals surface area contributed by atoms with Crippen LogP contribution in [0.5, 0.6) is 11.5 Å². The number of carbonyl (C=O) groups is 1. The van der Waals surface area contributed by atoms with Gasteiger partial charge in [-0.2, -0.15) is 0 Å². The van der Waals surface area contributed by atoms with Crippen LogP contribution in [0.4, 0.5) is 5.69 Å². The van der Waals surface area contributed by atoms with Gasteiger partial charge in [0.2, 0.25) is 5.91 Å². The number of thiazole rings is 1. The van der Waals surface area contributed by atoms with Crippen molar-refractivity contribution < 1.29 is 9.53 Å². The number of hydrogen-bond acceptors (Lipinski definition) is 4. The second-order valence-corrected chi connectivity index (χ2v) is 6.54. The maximum Gasteiger partial charge on any atom is 0.307 e. The highest BCUT2D eigenvalue weighted by molar-refractivity contribution is 7.07. The summed E-state index contributed by atoms with van der Waals surface area (Å²) in [6.45, 7) is 3.82. The molecular weight excluding hydrogens is 336 g/mol. The first-order chi connectivity index (χ1) is 12.0. The Kier molecular flexibility index (Phi) is 5.00. The lowest BCUT2D eigenvalue weighted by molar-refractivity contribution is -0.116. The van der Waals surface area contributed by atoms with Crippen LogP contribution in [-0.2, 0) is 11.3 Å². The van der Waals surface area contributed by atoms with Gasteiger partial charge in [-0.05, 0) is 55.8 Å². The molecule has 25 heavy (non-hydrogen) atoms. The Hall–Kier alpha value is -2.86. The molecule has 0 aliphatic carbocycles. The first-order valence-electron chi connectivity index (χ1n) is 7.80. The highest BCUT2D eigenvalue weighted by atomic mass is 32.1. The topological polar surface area (TPSA) is 60.3 Å². The van der Waals surface area contributed by atoms with Crippen LogP contribution in [0, 0.1) is 13.8 Å². The van der Waals surface area contributed by atoms with Crippen molar-refractivity contribution in [1.29, 1.82) is 0 Å². The lowest BCUT2D eigenvalue weighted by Crippen LogP contribution is -2.25. The van der Waals surface area contributed by atoms with Gasteiger partial charge in [-0.15, -0.1) is 0 Å². The molecule has 3 aromatic rings. The van der Waals surface area contributed by atoms with Crippen molar-refractivity contribution in [3.05, 3.63) is 74.8 Å². The number of carbonyl (C=O) groups excluding carboxylic acids is 1. The van der Waals surface area contributed by atoms with E-state index in [4.69, 9.17) is 4.74 Å². The summed E-state index contributed by atoms with van der Waals surface area (Å²) >= 11 is 1.09. The summed E-state index contributed by atoms with van der Waals surface area (Å²) in [6, 6.07) is 14.9. The number of hydrogen-bond donors (Lipinski definition) is 1. The Labute approximate surface area is 149 Å². The Bertz CT molecular complexity index is 942. The second-order valence-electron chi connectivity index (χ2n) is 5.72. The summed E-state index contributed by atoms with van der Waals surface area (Å²) in [5, 5.41) is 4.53. The number of anilines is 1. The van der Waals surface area contributed by atoms with Gasteiger partial charge in [-0.1, -0.05) is 23.5 Å². The highest BCUT2D eigenvalue weighted by Crippen LogP contribution is 2.23. The van der Waals surface area contributed by atoms with Crippen LogP contribution in [0.2, 0.25) is 0 Å². The van der Waals surface area contributed by atoms with Gasteiger partial charge in [0.25, 0.3) is 0 Å². The number of nitrogens with one attached hydrogen (secondary N) is 1. The molecule has 1 aromatic heterocycles. The van der Waals surface area contributed by atoms with E-state index in [-0.39, 0.29) is 17.3 Å². The molecule has 1 heterocycles. The average Bonchev–Trinajstić information content (AvgIpc) is 2.89. The predicted octanol–water partition coefficient (Wildman–Crippen LogP) is 3.96. The molecule has 2 aromatic carbocycles. The van der Waals surface area contributed by atoms with Crippen molar-refractivity contribution in [2.24, 2.45) is 0 Å². The lowest BCUT2D eigenvalue weighted by atomic mass is 10.2. The molecule has 0 radical (unpaired) electrons. The van der Waals surface area contributed by atoms with Gasteiger partial charge < -0.3 is 10.1 Å². The quantitative estimate of drug-likeness (QED) is 0.754. The lowest BCUT2D eigenvalue weighted by Gasteiger charge is -2.09. The van der Waals surface area contributed by atoms with Crippen LogP contribution in [0.25, 0.3) is 0 Å². The van der Waals surface area contributed by atoms with Crippen LogP contribution < -0.4 is 14.9 Å². The van der Waals surface area contributed by atoms with Crippen molar-refractivity contribution in [1.82, 2.24) is 4.57 Å².